The number of likely N-dealkylation sites (N-methyl/N-ethyl adjacent to an activating group) is 1. The summed E-state index contributed by atoms with van der Waals surface area (Å²) < 4.78 is 0. The molecule has 4 nitrogen and oxygen atoms in total. The molecule has 0 radical (unpaired) electrons. The van der Waals surface area contributed by atoms with Crippen molar-refractivity contribution in [1.29, 1.82) is 0 Å². The van der Waals surface area contributed by atoms with Gasteiger partial charge >= 0.3 is 0 Å². The number of hydrogen-bond donors (Lipinski definition) is 1. The van der Waals surface area contributed by atoms with Crippen molar-refractivity contribution in [3.63, 3.8) is 0 Å². The van der Waals surface area contributed by atoms with Crippen molar-refractivity contribution >= 4 is 17.4 Å². The average Bonchev–Trinajstić information content (AvgIpc) is 2.47. The SMILES string of the molecule is CCC1CN(c2ccc(Cl)c(CNC(C)C)n2)CCN1C. The van der Waals surface area contributed by atoms with Crippen molar-refractivity contribution in [1.82, 2.24) is 15.2 Å². The third-order valence-corrected chi connectivity index (χ3v) is 4.50. The van der Waals surface area contributed by atoms with Crippen LogP contribution in [0.1, 0.15) is 32.9 Å². The van der Waals surface area contributed by atoms with Crippen molar-refractivity contribution in [3.05, 3.63) is 22.8 Å². The Labute approximate surface area is 133 Å². The van der Waals surface area contributed by atoms with Gasteiger partial charge in [0, 0.05) is 38.3 Å². The lowest BCUT2D eigenvalue weighted by atomic mass is 10.1. The molecule has 5 heteroatoms. The Morgan fingerprint density at radius 1 is 1.38 bits per heavy atom. The number of nitrogens with zero attached hydrogens (tertiary/aromatic N) is 3. The summed E-state index contributed by atoms with van der Waals surface area (Å²) in [5, 5.41) is 4.13. The van der Waals surface area contributed by atoms with Gasteiger partial charge in [-0.25, -0.2) is 4.98 Å². The molecule has 1 fully saturated rings. The van der Waals surface area contributed by atoms with Crippen LogP contribution in [0.2, 0.25) is 5.02 Å². The molecule has 1 atom stereocenters. The number of pyridine rings is 1. The maximum absolute atomic E-state index is 6.27. The van der Waals surface area contributed by atoms with Crippen LogP contribution in [0.25, 0.3) is 0 Å². The van der Waals surface area contributed by atoms with Gasteiger partial charge < -0.3 is 10.2 Å². The third-order valence-electron chi connectivity index (χ3n) is 4.15. The molecule has 2 heterocycles. The van der Waals surface area contributed by atoms with E-state index in [4.69, 9.17) is 16.6 Å². The van der Waals surface area contributed by atoms with Crippen LogP contribution in [0.15, 0.2) is 12.1 Å². The van der Waals surface area contributed by atoms with Gasteiger partial charge in [-0.1, -0.05) is 32.4 Å². The first-order valence-electron chi connectivity index (χ1n) is 7.85. The largest absolute Gasteiger partial charge is 0.354 e. The Morgan fingerprint density at radius 2 is 2.14 bits per heavy atom. The number of piperazine rings is 1. The summed E-state index contributed by atoms with van der Waals surface area (Å²) >= 11 is 6.27. The molecule has 1 aliphatic heterocycles. The zero-order chi connectivity index (χ0) is 15.4. The fourth-order valence-electron chi connectivity index (χ4n) is 2.67. The van der Waals surface area contributed by atoms with Gasteiger partial charge in [0.05, 0.1) is 10.7 Å². The maximum Gasteiger partial charge on any atom is 0.129 e. The summed E-state index contributed by atoms with van der Waals surface area (Å²) in [6.07, 6.45) is 1.17. The molecule has 1 saturated heterocycles. The Bertz CT molecular complexity index is 464. The van der Waals surface area contributed by atoms with Gasteiger partial charge in [-0.2, -0.15) is 0 Å². The monoisotopic (exact) mass is 310 g/mol. The van der Waals surface area contributed by atoms with Crippen LogP contribution in [0, 0.1) is 0 Å². The van der Waals surface area contributed by atoms with E-state index in [9.17, 15) is 0 Å². The molecule has 0 aromatic carbocycles. The zero-order valence-electron chi connectivity index (χ0n) is 13.6. The number of anilines is 1. The minimum Gasteiger partial charge on any atom is -0.354 e. The lowest BCUT2D eigenvalue weighted by Crippen LogP contribution is -2.51. The Hall–Kier alpha value is -0.840. The van der Waals surface area contributed by atoms with Crippen molar-refractivity contribution in [2.75, 3.05) is 31.6 Å². The maximum atomic E-state index is 6.27. The van der Waals surface area contributed by atoms with Gasteiger partial charge in [0.25, 0.3) is 0 Å². The molecule has 0 spiro atoms. The van der Waals surface area contributed by atoms with E-state index in [1.165, 1.54) is 6.42 Å². The minimum atomic E-state index is 0.430. The summed E-state index contributed by atoms with van der Waals surface area (Å²) in [7, 11) is 2.21. The molecular weight excluding hydrogens is 284 g/mol. The van der Waals surface area contributed by atoms with Gasteiger partial charge in [-0.05, 0) is 25.6 Å². The third kappa shape index (κ3) is 4.31. The van der Waals surface area contributed by atoms with Crippen molar-refractivity contribution in [3.8, 4) is 0 Å². The molecule has 1 aromatic rings. The molecule has 1 aliphatic rings. The molecular formula is C16H27ClN4. The predicted octanol–water partition coefficient (Wildman–Crippen LogP) is 2.76. The highest BCUT2D eigenvalue weighted by Gasteiger charge is 2.24. The van der Waals surface area contributed by atoms with Gasteiger partial charge in [0.2, 0.25) is 0 Å². The summed E-state index contributed by atoms with van der Waals surface area (Å²) in [6.45, 7) is 10.4. The van der Waals surface area contributed by atoms with E-state index < -0.39 is 0 Å². The first-order valence-corrected chi connectivity index (χ1v) is 8.23. The first-order chi connectivity index (χ1) is 10.0. The summed E-state index contributed by atoms with van der Waals surface area (Å²) in [5.41, 5.74) is 0.940. The van der Waals surface area contributed by atoms with Crippen LogP contribution in [-0.4, -0.2) is 48.6 Å². The summed E-state index contributed by atoms with van der Waals surface area (Å²) in [5.74, 6) is 1.05. The highest BCUT2D eigenvalue weighted by Crippen LogP contribution is 2.22. The van der Waals surface area contributed by atoms with E-state index in [1.54, 1.807) is 0 Å². The molecule has 1 aromatic heterocycles. The van der Waals surface area contributed by atoms with Gasteiger partial charge in [-0.3, -0.25) is 4.90 Å². The van der Waals surface area contributed by atoms with Crippen molar-refractivity contribution < 1.29 is 0 Å². The topological polar surface area (TPSA) is 31.4 Å². The van der Waals surface area contributed by atoms with Crippen LogP contribution in [-0.2, 0) is 6.54 Å². The van der Waals surface area contributed by atoms with E-state index in [0.29, 0.717) is 12.1 Å². The molecule has 1 N–H and O–H groups in total. The standard InChI is InChI=1S/C16H27ClN4/c1-5-13-11-21(9-8-20(13)4)16-7-6-14(17)15(19-16)10-18-12(2)3/h6-7,12-13,18H,5,8-11H2,1-4H3. The van der Waals surface area contributed by atoms with E-state index in [-0.39, 0.29) is 0 Å². The number of hydrogen-bond acceptors (Lipinski definition) is 4. The molecule has 2 rings (SSSR count). The van der Waals surface area contributed by atoms with E-state index in [1.807, 2.05) is 12.1 Å². The van der Waals surface area contributed by atoms with Crippen LogP contribution in [0.4, 0.5) is 5.82 Å². The molecule has 0 aliphatic carbocycles. The van der Waals surface area contributed by atoms with Crippen molar-refractivity contribution in [2.24, 2.45) is 0 Å². The van der Waals surface area contributed by atoms with Gasteiger partial charge in [0.1, 0.15) is 5.82 Å². The predicted molar refractivity (Wildman–Crippen MR) is 90.1 cm³/mol. The fraction of sp³-hybridized carbons (Fsp3) is 0.688. The lowest BCUT2D eigenvalue weighted by molar-refractivity contribution is 0.213. The molecule has 1 unspecified atom stereocenters. The number of nitrogens with one attached hydrogen (secondary N) is 1. The van der Waals surface area contributed by atoms with Gasteiger partial charge in [-0.15, -0.1) is 0 Å². The average molecular weight is 311 g/mol. The number of rotatable bonds is 5. The normalized spacial score (nSPS) is 20.3. The second kappa shape index (κ2) is 7.43. The summed E-state index contributed by atoms with van der Waals surface area (Å²) in [6, 6.07) is 5.05. The number of halogens is 1. The first kappa shape index (κ1) is 16.5. The van der Waals surface area contributed by atoms with Gasteiger partial charge in [0.15, 0.2) is 0 Å². The molecule has 0 saturated carbocycles. The second-order valence-electron chi connectivity index (χ2n) is 6.12. The second-order valence-corrected chi connectivity index (χ2v) is 6.53. The highest BCUT2D eigenvalue weighted by atomic mass is 35.5. The van der Waals surface area contributed by atoms with Crippen LogP contribution in [0.3, 0.4) is 0 Å². The summed E-state index contributed by atoms with van der Waals surface area (Å²) in [4.78, 5) is 9.59. The molecule has 118 valence electrons. The zero-order valence-corrected chi connectivity index (χ0v) is 14.3. The van der Waals surface area contributed by atoms with Crippen molar-refractivity contribution in [2.45, 2.75) is 45.8 Å². The Kier molecular flexibility index (Phi) is 5.85. The molecule has 0 bridgehead atoms. The van der Waals surface area contributed by atoms with E-state index in [0.717, 1.165) is 42.7 Å². The molecule has 21 heavy (non-hydrogen) atoms. The van der Waals surface area contributed by atoms with E-state index in [2.05, 4.69) is 42.9 Å². The minimum absolute atomic E-state index is 0.430. The smallest absolute Gasteiger partial charge is 0.129 e. The Balaban J connectivity index is 2.11. The Morgan fingerprint density at radius 3 is 2.81 bits per heavy atom. The van der Waals surface area contributed by atoms with E-state index >= 15 is 0 Å². The lowest BCUT2D eigenvalue weighted by Gasteiger charge is -2.39. The van der Waals surface area contributed by atoms with Crippen LogP contribution >= 0.6 is 11.6 Å². The fourth-order valence-corrected chi connectivity index (χ4v) is 2.84. The molecule has 0 amide bonds. The van der Waals surface area contributed by atoms with Crippen LogP contribution in [0.5, 0.6) is 0 Å². The van der Waals surface area contributed by atoms with Crippen LogP contribution < -0.4 is 10.2 Å². The number of aromatic nitrogens is 1. The quantitative estimate of drug-likeness (QED) is 0.906. The highest BCUT2D eigenvalue weighted by molar-refractivity contribution is 6.31.